The lowest BCUT2D eigenvalue weighted by molar-refractivity contribution is 0.244. The number of methoxy groups -OCH3 is 1. The van der Waals surface area contributed by atoms with Crippen LogP contribution in [0.5, 0.6) is 11.5 Å². The Kier molecular flexibility index (Phi) is 5.85. The van der Waals surface area contributed by atoms with Gasteiger partial charge in [0, 0.05) is 17.3 Å². The molecule has 10 heteroatoms. The predicted octanol–water partition coefficient (Wildman–Crippen LogP) is 5.43. The fourth-order valence-electron chi connectivity index (χ4n) is 4.13. The highest BCUT2D eigenvalue weighted by molar-refractivity contribution is 6.01. The van der Waals surface area contributed by atoms with Crippen molar-refractivity contribution in [2.24, 2.45) is 0 Å². The molecule has 0 radical (unpaired) electrons. The first-order valence-corrected chi connectivity index (χ1v) is 10.9. The van der Waals surface area contributed by atoms with Gasteiger partial charge in [0.2, 0.25) is 5.82 Å². The molecule has 36 heavy (non-hydrogen) atoms. The van der Waals surface area contributed by atoms with Crippen LogP contribution in [-0.2, 0) is 0 Å². The fourth-order valence-corrected chi connectivity index (χ4v) is 4.13. The molecule has 1 aliphatic rings. The summed E-state index contributed by atoms with van der Waals surface area (Å²) in [6.07, 6.45) is 0. The van der Waals surface area contributed by atoms with E-state index in [1.807, 2.05) is 30.3 Å². The summed E-state index contributed by atoms with van der Waals surface area (Å²) in [5.41, 5.74) is 2.12. The Bertz CT molecular complexity index is 1490. The first kappa shape index (κ1) is 23.0. The molecule has 0 fully saturated rings. The summed E-state index contributed by atoms with van der Waals surface area (Å²) >= 11 is 0. The Morgan fingerprint density at radius 2 is 1.83 bits per heavy atom. The second-order valence-electron chi connectivity index (χ2n) is 8.04. The molecule has 1 aromatic heterocycles. The minimum absolute atomic E-state index is 0.110. The number of allylic oxidation sites excluding steroid dienone is 1. The molecular weight excluding hydrogens is 470 g/mol. The van der Waals surface area contributed by atoms with Crippen molar-refractivity contribution in [3.63, 3.8) is 0 Å². The Morgan fingerprint density at radius 1 is 1.06 bits per heavy atom. The molecule has 2 heterocycles. The average molecular weight is 490 g/mol. The highest BCUT2D eigenvalue weighted by Gasteiger charge is 2.37. The standard InChI is InChI=1S/C26H20F2N4O4/c1-14-22(25-30-24(31-36-25)15-6-4-3-5-7-15)23(16-8-11-21(35-2)20(33)12-16)29-26(34)32(14)17-9-10-18(27)19(28)13-17/h3-13,23,33H,1-2H3,(H,29,34). The molecular formula is C26H20F2N4O4. The Balaban J connectivity index is 1.67. The molecule has 1 atom stereocenters. The molecule has 0 saturated heterocycles. The summed E-state index contributed by atoms with van der Waals surface area (Å²) in [6, 6.07) is 15.7. The molecule has 1 aliphatic heterocycles. The highest BCUT2D eigenvalue weighted by Crippen LogP contribution is 2.41. The number of aromatic hydroxyl groups is 1. The number of phenols is 1. The number of carbonyl (C=O) groups excluding carboxylic acids is 1. The van der Waals surface area contributed by atoms with E-state index in [4.69, 9.17) is 9.26 Å². The first-order chi connectivity index (χ1) is 17.4. The largest absolute Gasteiger partial charge is 0.504 e. The van der Waals surface area contributed by atoms with Gasteiger partial charge in [-0.1, -0.05) is 41.6 Å². The minimum Gasteiger partial charge on any atom is -0.504 e. The van der Waals surface area contributed by atoms with Crippen LogP contribution < -0.4 is 15.0 Å². The predicted molar refractivity (Wildman–Crippen MR) is 127 cm³/mol. The number of phenolic OH excluding ortho intramolecular Hbond substituents is 1. The summed E-state index contributed by atoms with van der Waals surface area (Å²) in [4.78, 5) is 18.9. The lowest BCUT2D eigenvalue weighted by atomic mass is 9.94. The SMILES string of the molecule is COc1ccc(C2NC(=O)N(c3ccc(F)c(F)c3)C(C)=C2c2nc(-c3ccccc3)no2)cc1O. The number of rotatable bonds is 5. The number of urea groups is 1. The van der Waals surface area contributed by atoms with Crippen molar-refractivity contribution >= 4 is 17.3 Å². The molecule has 3 aromatic carbocycles. The molecule has 2 N–H and O–H groups in total. The summed E-state index contributed by atoms with van der Waals surface area (Å²) in [6.45, 7) is 1.64. The van der Waals surface area contributed by atoms with Crippen molar-refractivity contribution < 1.29 is 27.9 Å². The van der Waals surface area contributed by atoms with Crippen LogP contribution in [-0.4, -0.2) is 28.4 Å². The van der Waals surface area contributed by atoms with Crippen molar-refractivity contribution in [3.8, 4) is 22.9 Å². The van der Waals surface area contributed by atoms with Gasteiger partial charge in [-0.25, -0.2) is 13.6 Å². The van der Waals surface area contributed by atoms with Crippen LogP contribution in [0.4, 0.5) is 19.3 Å². The van der Waals surface area contributed by atoms with Crippen LogP contribution in [0.25, 0.3) is 17.0 Å². The Labute approximate surface area is 204 Å². The number of ether oxygens (including phenoxy) is 1. The Morgan fingerprint density at radius 3 is 2.53 bits per heavy atom. The number of hydrogen-bond donors (Lipinski definition) is 2. The maximum atomic E-state index is 14.0. The smallest absolute Gasteiger partial charge is 0.327 e. The molecule has 2 amide bonds. The molecule has 0 aliphatic carbocycles. The summed E-state index contributed by atoms with van der Waals surface area (Å²) in [5, 5.41) is 17.3. The van der Waals surface area contributed by atoms with E-state index in [0.29, 0.717) is 22.7 Å². The van der Waals surface area contributed by atoms with Gasteiger partial charge in [-0.15, -0.1) is 0 Å². The summed E-state index contributed by atoms with van der Waals surface area (Å²) in [7, 11) is 1.43. The molecule has 0 bridgehead atoms. The van der Waals surface area contributed by atoms with E-state index in [-0.39, 0.29) is 23.1 Å². The molecule has 182 valence electrons. The van der Waals surface area contributed by atoms with Crippen molar-refractivity contribution in [1.29, 1.82) is 0 Å². The number of benzene rings is 3. The van der Waals surface area contributed by atoms with Gasteiger partial charge in [0.05, 0.1) is 24.4 Å². The van der Waals surface area contributed by atoms with Gasteiger partial charge in [-0.3, -0.25) is 4.90 Å². The van der Waals surface area contributed by atoms with E-state index in [2.05, 4.69) is 15.5 Å². The van der Waals surface area contributed by atoms with Gasteiger partial charge in [0.15, 0.2) is 23.1 Å². The highest BCUT2D eigenvalue weighted by atomic mass is 19.2. The first-order valence-electron chi connectivity index (χ1n) is 10.9. The molecule has 8 nitrogen and oxygen atoms in total. The zero-order chi connectivity index (χ0) is 25.4. The van der Waals surface area contributed by atoms with Gasteiger partial charge in [0.25, 0.3) is 5.89 Å². The molecule has 0 spiro atoms. The lowest BCUT2D eigenvalue weighted by Gasteiger charge is -2.35. The monoisotopic (exact) mass is 490 g/mol. The van der Waals surface area contributed by atoms with Crippen molar-refractivity contribution in [2.75, 3.05) is 12.0 Å². The quantitative estimate of drug-likeness (QED) is 0.387. The van der Waals surface area contributed by atoms with E-state index >= 15 is 0 Å². The second-order valence-corrected chi connectivity index (χ2v) is 8.04. The third-order valence-corrected chi connectivity index (χ3v) is 5.87. The molecule has 4 aromatic rings. The van der Waals surface area contributed by atoms with E-state index in [0.717, 1.165) is 17.7 Å². The van der Waals surface area contributed by atoms with Crippen molar-refractivity contribution in [1.82, 2.24) is 15.5 Å². The zero-order valence-electron chi connectivity index (χ0n) is 19.2. The van der Waals surface area contributed by atoms with Gasteiger partial charge in [-0.2, -0.15) is 4.98 Å². The summed E-state index contributed by atoms with van der Waals surface area (Å²) in [5.74, 6) is -1.55. The normalized spacial score (nSPS) is 15.7. The van der Waals surface area contributed by atoms with Crippen LogP contribution >= 0.6 is 0 Å². The number of amides is 2. The fraction of sp³-hybridized carbons (Fsp3) is 0.115. The number of anilines is 1. The second kappa shape index (κ2) is 9.14. The average Bonchev–Trinajstić information content (AvgIpc) is 3.36. The van der Waals surface area contributed by atoms with Crippen LogP contribution in [0.3, 0.4) is 0 Å². The topological polar surface area (TPSA) is 101 Å². The number of halogens is 2. The number of nitrogens with zero attached hydrogens (tertiary/aromatic N) is 3. The molecule has 1 unspecified atom stereocenters. The molecule has 0 saturated carbocycles. The third kappa shape index (κ3) is 4.02. The van der Waals surface area contributed by atoms with Gasteiger partial charge in [0.1, 0.15) is 0 Å². The number of hydrogen-bond acceptors (Lipinski definition) is 6. The van der Waals surface area contributed by atoms with Crippen LogP contribution in [0.15, 0.2) is 77.0 Å². The van der Waals surface area contributed by atoms with E-state index in [1.165, 1.54) is 24.1 Å². The van der Waals surface area contributed by atoms with Crippen LogP contribution in [0.2, 0.25) is 0 Å². The van der Waals surface area contributed by atoms with E-state index < -0.39 is 23.7 Å². The van der Waals surface area contributed by atoms with Gasteiger partial charge < -0.3 is 19.7 Å². The number of nitrogens with one attached hydrogen (secondary N) is 1. The summed E-state index contributed by atoms with van der Waals surface area (Å²) < 4.78 is 38.3. The Hall–Kier alpha value is -4.73. The number of aromatic nitrogens is 2. The molecule has 5 rings (SSSR count). The van der Waals surface area contributed by atoms with Gasteiger partial charge >= 0.3 is 6.03 Å². The van der Waals surface area contributed by atoms with Gasteiger partial charge in [-0.05, 0) is 36.8 Å². The zero-order valence-corrected chi connectivity index (χ0v) is 19.2. The maximum Gasteiger partial charge on any atom is 0.327 e. The maximum absolute atomic E-state index is 14.0. The van der Waals surface area contributed by atoms with E-state index in [1.54, 1.807) is 19.1 Å². The lowest BCUT2D eigenvalue weighted by Crippen LogP contribution is -2.46. The van der Waals surface area contributed by atoms with E-state index in [9.17, 15) is 18.7 Å². The third-order valence-electron chi connectivity index (χ3n) is 5.87. The van der Waals surface area contributed by atoms with Crippen molar-refractivity contribution in [3.05, 3.63) is 95.5 Å². The van der Waals surface area contributed by atoms with Crippen LogP contribution in [0.1, 0.15) is 24.4 Å². The van der Waals surface area contributed by atoms with Crippen LogP contribution in [0, 0.1) is 11.6 Å². The minimum atomic E-state index is -1.10. The van der Waals surface area contributed by atoms with Crippen molar-refractivity contribution in [2.45, 2.75) is 13.0 Å². The number of carbonyl (C=O) groups is 1.